The van der Waals surface area contributed by atoms with Gasteiger partial charge in [-0.05, 0) is 25.0 Å². The molecule has 1 fully saturated rings. The van der Waals surface area contributed by atoms with E-state index in [-0.39, 0.29) is 11.8 Å². The van der Waals surface area contributed by atoms with Gasteiger partial charge in [-0.2, -0.15) is 0 Å². The molecule has 0 spiro atoms. The number of benzene rings is 1. The molecular weight excluding hydrogens is 280 g/mol. The second-order valence-electron chi connectivity index (χ2n) is 5.64. The average molecular weight is 296 g/mol. The van der Waals surface area contributed by atoms with E-state index >= 15 is 0 Å². The van der Waals surface area contributed by atoms with Gasteiger partial charge in [0, 0.05) is 24.4 Å². The van der Waals surface area contributed by atoms with Crippen molar-refractivity contribution in [3.05, 3.63) is 30.6 Å². The quantitative estimate of drug-likeness (QED) is 0.782. The van der Waals surface area contributed by atoms with Crippen LogP contribution in [0, 0.1) is 5.92 Å². The fourth-order valence-corrected chi connectivity index (χ4v) is 3.11. The van der Waals surface area contributed by atoms with Crippen molar-refractivity contribution < 1.29 is 9.21 Å². The zero-order valence-corrected chi connectivity index (χ0v) is 12.0. The van der Waals surface area contributed by atoms with Crippen LogP contribution in [0.2, 0.25) is 0 Å². The molecule has 0 atom stereocenters. The van der Waals surface area contributed by atoms with E-state index < -0.39 is 0 Å². The number of carbonyl (C=O) groups excluding carboxylic acids is 1. The Kier molecular flexibility index (Phi) is 2.96. The van der Waals surface area contributed by atoms with Crippen LogP contribution in [0.15, 0.2) is 35.0 Å². The highest BCUT2D eigenvalue weighted by molar-refractivity contribution is 6.05. The number of anilines is 1. The number of nitrogens with two attached hydrogens (primary N) is 1. The molecular formula is C16H16N4O2. The summed E-state index contributed by atoms with van der Waals surface area (Å²) in [7, 11) is 0. The molecule has 2 aromatic heterocycles. The number of carbonyl (C=O) groups is 1. The summed E-state index contributed by atoms with van der Waals surface area (Å²) in [5, 5.41) is 0.994. The predicted octanol–water partition coefficient (Wildman–Crippen LogP) is 2.08. The summed E-state index contributed by atoms with van der Waals surface area (Å²) in [5.41, 5.74) is 7.74. The molecule has 0 radical (unpaired) electrons. The lowest BCUT2D eigenvalue weighted by Crippen LogP contribution is -2.39. The molecule has 1 aromatic carbocycles. The Bertz CT molecular complexity index is 850. The SMILES string of the molecule is NC(=O)C1CCN(c2ncnc3c2oc2ccccc23)CC1. The summed E-state index contributed by atoms with van der Waals surface area (Å²) in [5.74, 6) is 0.546. The summed E-state index contributed by atoms with van der Waals surface area (Å²) in [6.07, 6.45) is 3.07. The monoisotopic (exact) mass is 296 g/mol. The Morgan fingerprint density at radius 2 is 2.00 bits per heavy atom. The summed E-state index contributed by atoms with van der Waals surface area (Å²) in [6.45, 7) is 1.49. The molecule has 6 heteroatoms. The van der Waals surface area contributed by atoms with Crippen LogP contribution >= 0.6 is 0 Å². The molecule has 0 saturated carbocycles. The van der Waals surface area contributed by atoms with Crippen molar-refractivity contribution in [2.24, 2.45) is 11.7 Å². The number of nitrogens with zero attached hydrogens (tertiary/aromatic N) is 3. The van der Waals surface area contributed by atoms with Gasteiger partial charge in [-0.15, -0.1) is 0 Å². The summed E-state index contributed by atoms with van der Waals surface area (Å²) >= 11 is 0. The Morgan fingerprint density at radius 1 is 1.23 bits per heavy atom. The minimum Gasteiger partial charge on any atom is -0.450 e. The predicted molar refractivity (Wildman–Crippen MR) is 83.4 cm³/mol. The van der Waals surface area contributed by atoms with E-state index in [0.717, 1.165) is 48.2 Å². The van der Waals surface area contributed by atoms with E-state index in [1.54, 1.807) is 6.33 Å². The topological polar surface area (TPSA) is 85.3 Å². The second kappa shape index (κ2) is 4.98. The Labute approximate surface area is 126 Å². The van der Waals surface area contributed by atoms with Crippen LogP contribution < -0.4 is 10.6 Å². The van der Waals surface area contributed by atoms with Crippen LogP contribution in [0.1, 0.15) is 12.8 Å². The second-order valence-corrected chi connectivity index (χ2v) is 5.64. The lowest BCUT2D eigenvalue weighted by atomic mass is 9.96. The van der Waals surface area contributed by atoms with Crippen molar-refractivity contribution in [2.45, 2.75) is 12.8 Å². The van der Waals surface area contributed by atoms with Crippen LogP contribution in [-0.4, -0.2) is 29.0 Å². The highest BCUT2D eigenvalue weighted by Gasteiger charge is 2.26. The van der Waals surface area contributed by atoms with Crippen molar-refractivity contribution >= 4 is 33.8 Å². The van der Waals surface area contributed by atoms with Gasteiger partial charge < -0.3 is 15.1 Å². The largest absolute Gasteiger partial charge is 0.450 e. The smallest absolute Gasteiger partial charge is 0.220 e. The van der Waals surface area contributed by atoms with Gasteiger partial charge in [-0.3, -0.25) is 4.79 Å². The number of para-hydroxylation sites is 1. The van der Waals surface area contributed by atoms with E-state index in [1.165, 1.54) is 0 Å². The highest BCUT2D eigenvalue weighted by atomic mass is 16.3. The fourth-order valence-electron chi connectivity index (χ4n) is 3.11. The standard InChI is InChI=1S/C16H16N4O2/c17-15(21)10-5-7-20(8-6-10)16-14-13(18-9-19-16)11-3-1-2-4-12(11)22-14/h1-4,9-10H,5-8H2,(H2,17,21). The number of furan rings is 1. The fraction of sp³-hybridized carbons (Fsp3) is 0.312. The third-order valence-electron chi connectivity index (χ3n) is 4.34. The molecule has 6 nitrogen and oxygen atoms in total. The molecule has 1 amide bonds. The number of primary amides is 1. The van der Waals surface area contributed by atoms with Gasteiger partial charge in [-0.25, -0.2) is 9.97 Å². The van der Waals surface area contributed by atoms with Crippen molar-refractivity contribution in [2.75, 3.05) is 18.0 Å². The molecule has 2 N–H and O–H groups in total. The number of rotatable bonds is 2. The number of fused-ring (bicyclic) bond motifs is 3. The molecule has 4 rings (SSSR count). The number of hydrogen-bond donors (Lipinski definition) is 1. The Hall–Kier alpha value is -2.63. The molecule has 3 aromatic rings. The first-order chi connectivity index (χ1) is 10.7. The summed E-state index contributed by atoms with van der Waals surface area (Å²) in [6, 6.07) is 7.84. The van der Waals surface area contributed by atoms with E-state index in [2.05, 4.69) is 14.9 Å². The van der Waals surface area contributed by atoms with Gasteiger partial charge in [0.1, 0.15) is 17.4 Å². The third-order valence-corrected chi connectivity index (χ3v) is 4.34. The summed E-state index contributed by atoms with van der Waals surface area (Å²) in [4.78, 5) is 22.2. The molecule has 3 heterocycles. The minimum absolute atomic E-state index is 0.0377. The van der Waals surface area contributed by atoms with E-state index in [9.17, 15) is 4.79 Å². The number of aromatic nitrogens is 2. The van der Waals surface area contributed by atoms with Crippen molar-refractivity contribution in [3.8, 4) is 0 Å². The molecule has 0 aliphatic carbocycles. The first-order valence-electron chi connectivity index (χ1n) is 7.40. The number of piperidine rings is 1. The van der Waals surface area contributed by atoms with Crippen molar-refractivity contribution in [1.82, 2.24) is 9.97 Å². The van der Waals surface area contributed by atoms with E-state index in [4.69, 9.17) is 10.2 Å². The van der Waals surface area contributed by atoms with Crippen molar-refractivity contribution in [3.63, 3.8) is 0 Å². The Balaban J connectivity index is 1.75. The van der Waals surface area contributed by atoms with Gasteiger partial charge >= 0.3 is 0 Å². The van der Waals surface area contributed by atoms with Crippen LogP contribution in [-0.2, 0) is 4.79 Å². The highest BCUT2D eigenvalue weighted by Crippen LogP contribution is 2.33. The van der Waals surface area contributed by atoms with Crippen LogP contribution in [0.5, 0.6) is 0 Å². The zero-order chi connectivity index (χ0) is 15.1. The van der Waals surface area contributed by atoms with Gasteiger partial charge in [0.05, 0.1) is 0 Å². The maximum absolute atomic E-state index is 11.3. The van der Waals surface area contributed by atoms with Gasteiger partial charge in [-0.1, -0.05) is 12.1 Å². The van der Waals surface area contributed by atoms with E-state index in [1.807, 2.05) is 24.3 Å². The van der Waals surface area contributed by atoms with E-state index in [0.29, 0.717) is 5.58 Å². The maximum Gasteiger partial charge on any atom is 0.220 e. The molecule has 1 saturated heterocycles. The molecule has 0 bridgehead atoms. The lowest BCUT2D eigenvalue weighted by Gasteiger charge is -2.31. The van der Waals surface area contributed by atoms with Gasteiger partial charge in [0.15, 0.2) is 11.4 Å². The van der Waals surface area contributed by atoms with Gasteiger partial charge in [0.2, 0.25) is 5.91 Å². The van der Waals surface area contributed by atoms with Crippen molar-refractivity contribution in [1.29, 1.82) is 0 Å². The first kappa shape index (κ1) is 13.1. The van der Waals surface area contributed by atoms with Crippen LogP contribution in [0.25, 0.3) is 22.1 Å². The molecule has 1 aliphatic heterocycles. The third kappa shape index (κ3) is 1.99. The van der Waals surface area contributed by atoms with Gasteiger partial charge in [0.25, 0.3) is 0 Å². The maximum atomic E-state index is 11.3. The van der Waals surface area contributed by atoms with Crippen LogP contribution in [0.3, 0.4) is 0 Å². The normalized spacial score (nSPS) is 16.5. The zero-order valence-electron chi connectivity index (χ0n) is 12.0. The average Bonchev–Trinajstić information content (AvgIpc) is 2.93. The molecule has 1 aliphatic rings. The molecule has 0 unspecified atom stereocenters. The summed E-state index contributed by atoms with van der Waals surface area (Å²) < 4.78 is 5.95. The minimum atomic E-state index is -0.212. The molecule has 112 valence electrons. The lowest BCUT2D eigenvalue weighted by molar-refractivity contribution is -0.122. The molecule has 22 heavy (non-hydrogen) atoms. The number of hydrogen-bond acceptors (Lipinski definition) is 5. The Morgan fingerprint density at radius 3 is 2.77 bits per heavy atom. The number of amides is 1. The first-order valence-corrected chi connectivity index (χ1v) is 7.40. The van der Waals surface area contributed by atoms with Crippen LogP contribution in [0.4, 0.5) is 5.82 Å².